The number of carbonyl (C=O) groups excluding carboxylic acids is 2. The van der Waals surface area contributed by atoms with E-state index in [9.17, 15) is 27.6 Å². The number of nitrogens with one attached hydrogen (secondary N) is 1. The van der Waals surface area contributed by atoms with E-state index in [-0.39, 0.29) is 33.8 Å². The Hall–Kier alpha value is -3.25. The van der Waals surface area contributed by atoms with Crippen LogP contribution in [0.2, 0.25) is 0 Å². The topological polar surface area (TPSA) is 88.7 Å². The summed E-state index contributed by atoms with van der Waals surface area (Å²) in [5.41, 5.74) is -0.503. The number of hydrogen-bond acceptors (Lipinski definition) is 7. The van der Waals surface area contributed by atoms with Crippen LogP contribution in [0.4, 0.5) is 18.9 Å². The Morgan fingerprint density at radius 2 is 1.74 bits per heavy atom. The summed E-state index contributed by atoms with van der Waals surface area (Å²) in [5, 5.41) is 0.659. The lowest BCUT2D eigenvalue weighted by Gasteiger charge is -2.43. The molecule has 1 N–H and O–H groups in total. The van der Waals surface area contributed by atoms with Gasteiger partial charge in [-0.25, -0.2) is 4.90 Å². The third-order valence-electron chi connectivity index (χ3n) is 9.29. The zero-order valence-corrected chi connectivity index (χ0v) is 25.1. The highest BCUT2D eigenvalue weighted by Gasteiger charge is 2.70. The minimum atomic E-state index is -4.72. The van der Waals surface area contributed by atoms with Crippen LogP contribution < -0.4 is 19.2 Å². The summed E-state index contributed by atoms with van der Waals surface area (Å²) in [7, 11) is 1.57. The van der Waals surface area contributed by atoms with Gasteiger partial charge in [-0.05, 0) is 59.9 Å². The van der Waals surface area contributed by atoms with Gasteiger partial charge in [-0.1, -0.05) is 43.4 Å². The lowest BCUT2D eigenvalue weighted by molar-refractivity contribution is -0.137. The molecule has 7 atom stereocenters. The molecule has 226 valence electrons. The maximum absolute atomic E-state index is 13.9. The Labute approximate surface area is 253 Å². The van der Waals surface area contributed by atoms with E-state index in [1.54, 1.807) is 7.11 Å². The van der Waals surface area contributed by atoms with Gasteiger partial charge in [0.25, 0.3) is 0 Å². The summed E-state index contributed by atoms with van der Waals surface area (Å²) in [4.78, 5) is 44.8. The molecule has 43 heavy (non-hydrogen) atoms. The second-order valence-electron chi connectivity index (χ2n) is 12.1. The van der Waals surface area contributed by atoms with E-state index >= 15 is 0 Å². The van der Waals surface area contributed by atoms with E-state index in [2.05, 4.69) is 18.8 Å². The van der Waals surface area contributed by atoms with E-state index < -0.39 is 41.1 Å². The number of carbonyl (C=O) groups is 2. The maximum atomic E-state index is 13.9. The van der Waals surface area contributed by atoms with Gasteiger partial charge in [0.1, 0.15) is 0 Å². The van der Waals surface area contributed by atoms with E-state index in [1.807, 2.05) is 18.2 Å². The van der Waals surface area contributed by atoms with Crippen LogP contribution in [0.25, 0.3) is 0 Å². The number of aromatic amines is 1. The van der Waals surface area contributed by atoms with Crippen molar-refractivity contribution in [1.82, 2.24) is 4.98 Å². The Kier molecular flexibility index (Phi) is 6.73. The number of benzene rings is 2. The van der Waals surface area contributed by atoms with Crippen molar-refractivity contribution in [1.29, 1.82) is 0 Å². The van der Waals surface area contributed by atoms with Crippen molar-refractivity contribution in [2.45, 2.75) is 42.6 Å². The van der Waals surface area contributed by atoms with Crippen LogP contribution in [0, 0.1) is 35.5 Å². The number of fused-ring (bicyclic) bond motifs is 9. The van der Waals surface area contributed by atoms with Gasteiger partial charge in [0.2, 0.25) is 11.8 Å². The molecule has 2 aliphatic heterocycles. The lowest BCUT2D eigenvalue weighted by Crippen LogP contribution is -2.42. The molecule has 0 spiro atoms. The normalized spacial score (nSPS) is 29.2. The van der Waals surface area contributed by atoms with Crippen LogP contribution in [-0.4, -0.2) is 35.8 Å². The summed E-state index contributed by atoms with van der Waals surface area (Å²) in [6.07, 6.45) is -4.08. The van der Waals surface area contributed by atoms with Crippen LogP contribution in [0.1, 0.15) is 42.2 Å². The minimum absolute atomic E-state index is 0.0913. The number of aromatic nitrogens is 1. The summed E-state index contributed by atoms with van der Waals surface area (Å²) < 4.78 is 53.4. The molecule has 2 aromatic carbocycles. The number of amides is 2. The Morgan fingerprint density at radius 1 is 1.02 bits per heavy atom. The number of anilines is 1. The number of H-pyrrole nitrogens is 1. The first-order chi connectivity index (χ1) is 20.5. The molecule has 7 nitrogen and oxygen atoms in total. The molecule has 12 heteroatoms. The summed E-state index contributed by atoms with van der Waals surface area (Å²) in [5.74, 6) is -1.85. The number of imide groups is 1. The van der Waals surface area contributed by atoms with Crippen molar-refractivity contribution < 1.29 is 32.2 Å². The first kappa shape index (κ1) is 28.5. The molecule has 2 aliphatic carbocycles. The van der Waals surface area contributed by atoms with Crippen molar-refractivity contribution >= 4 is 40.6 Å². The predicted octanol–water partition coefficient (Wildman–Crippen LogP) is 6.18. The predicted molar refractivity (Wildman–Crippen MR) is 156 cm³/mol. The Bertz CT molecular complexity index is 1680. The molecule has 1 aromatic heterocycles. The van der Waals surface area contributed by atoms with Gasteiger partial charge in [-0.15, -0.1) is 11.8 Å². The highest BCUT2D eigenvalue weighted by Crippen LogP contribution is 2.69. The van der Waals surface area contributed by atoms with Gasteiger partial charge in [-0.2, -0.15) is 13.2 Å². The molecule has 1 saturated heterocycles. The van der Waals surface area contributed by atoms with Gasteiger partial charge in [0.15, 0.2) is 11.5 Å². The van der Waals surface area contributed by atoms with Crippen molar-refractivity contribution in [2.75, 3.05) is 18.6 Å². The fourth-order valence-corrected chi connectivity index (χ4v) is 10.7. The van der Waals surface area contributed by atoms with Crippen molar-refractivity contribution in [3.63, 3.8) is 0 Å². The standard InChI is InChI=1S/C31H29F3N2O5S2/c1-13(2)12-41-19-9-8-14(10-20(19)40-3)21-22-15-11-16(25(22)42-27-26(21)43-30(39)35-27)24-23(15)28(37)36(29(24)38)18-7-5-4-6-17(18)31(32,33)34/h4-10,13,15-16,21-25H,11-12H2,1-3H3,(H,35,39)/t15-,16-,21+,22+,23+,24+,25-/m1/s1. The Morgan fingerprint density at radius 3 is 2.44 bits per heavy atom. The number of alkyl halides is 3. The molecule has 3 fully saturated rings. The molecular formula is C31H29F3N2O5S2. The molecule has 0 radical (unpaired) electrons. The van der Waals surface area contributed by atoms with Gasteiger partial charge in [0.05, 0.1) is 41.8 Å². The lowest BCUT2D eigenvalue weighted by atomic mass is 9.68. The summed E-state index contributed by atoms with van der Waals surface area (Å²) in [6, 6.07) is 10.5. The molecule has 3 aromatic rings. The minimum Gasteiger partial charge on any atom is -0.493 e. The maximum Gasteiger partial charge on any atom is 0.418 e. The van der Waals surface area contributed by atoms with Crippen LogP contribution in [0.15, 0.2) is 52.3 Å². The van der Waals surface area contributed by atoms with Crippen LogP contribution in [-0.2, 0) is 15.8 Å². The number of thiazole rings is 1. The molecule has 2 amide bonds. The largest absolute Gasteiger partial charge is 0.493 e. The van der Waals surface area contributed by atoms with Gasteiger partial charge in [0, 0.05) is 16.0 Å². The highest BCUT2D eigenvalue weighted by atomic mass is 32.2. The number of rotatable bonds is 6. The first-order valence-electron chi connectivity index (χ1n) is 14.2. The number of thioether (sulfide) groups is 1. The molecule has 3 heterocycles. The Balaban J connectivity index is 1.29. The van der Waals surface area contributed by atoms with Gasteiger partial charge < -0.3 is 14.5 Å². The van der Waals surface area contributed by atoms with Gasteiger partial charge >= 0.3 is 11.0 Å². The molecule has 2 bridgehead atoms. The van der Waals surface area contributed by atoms with E-state index in [0.29, 0.717) is 30.4 Å². The van der Waals surface area contributed by atoms with Crippen molar-refractivity contribution in [2.24, 2.45) is 35.5 Å². The number of para-hydroxylation sites is 1. The summed E-state index contributed by atoms with van der Waals surface area (Å²) in [6.45, 7) is 4.62. The molecule has 7 rings (SSSR count). The third-order valence-corrected chi connectivity index (χ3v) is 11.9. The average molecular weight is 631 g/mol. The van der Waals surface area contributed by atoms with Gasteiger partial charge in [-0.3, -0.25) is 14.4 Å². The smallest absolute Gasteiger partial charge is 0.418 e. The molecule has 4 aliphatic rings. The van der Waals surface area contributed by atoms with Crippen molar-refractivity contribution in [3.8, 4) is 11.5 Å². The first-order valence-corrected chi connectivity index (χ1v) is 15.9. The number of methoxy groups -OCH3 is 1. The monoisotopic (exact) mass is 630 g/mol. The average Bonchev–Trinajstić information content (AvgIpc) is 3.70. The molecule has 2 saturated carbocycles. The van der Waals surface area contributed by atoms with Crippen LogP contribution in [0.5, 0.6) is 11.5 Å². The number of halogens is 3. The zero-order chi connectivity index (χ0) is 30.4. The fraction of sp³-hybridized carbons (Fsp3) is 0.452. The summed E-state index contributed by atoms with van der Waals surface area (Å²) >= 11 is 2.67. The third kappa shape index (κ3) is 4.34. The zero-order valence-electron chi connectivity index (χ0n) is 23.5. The van der Waals surface area contributed by atoms with E-state index in [4.69, 9.17) is 9.47 Å². The highest BCUT2D eigenvalue weighted by molar-refractivity contribution is 8.00. The SMILES string of the molecule is COc1cc([C@@H]2c3sc(=O)[nH]c3S[C@@H]3[C@@H]4C[C@@H]([C@@H]5C(=O)N(c6ccccc6C(F)(F)F)C(=O)[C@@H]45)[C@@H]23)ccc1OCC(C)C. The second-order valence-corrected chi connectivity index (χ2v) is 14.3. The van der Waals surface area contributed by atoms with E-state index in [1.165, 1.54) is 30.0 Å². The fourth-order valence-electron chi connectivity index (χ4n) is 7.79. The van der Waals surface area contributed by atoms with Crippen LogP contribution in [0.3, 0.4) is 0 Å². The molecule has 0 unspecified atom stereocenters. The van der Waals surface area contributed by atoms with Crippen molar-refractivity contribution in [3.05, 3.63) is 68.1 Å². The number of nitrogens with zero attached hydrogens (tertiary/aromatic N) is 1. The second kappa shape index (κ2) is 10.2. The van der Waals surface area contributed by atoms with Crippen LogP contribution >= 0.6 is 23.1 Å². The number of ether oxygens (including phenoxy) is 2. The number of hydrogen-bond donors (Lipinski definition) is 1. The van der Waals surface area contributed by atoms with E-state index in [0.717, 1.165) is 37.8 Å². The molecular weight excluding hydrogens is 601 g/mol. The quantitative estimate of drug-likeness (QED) is 0.328.